The van der Waals surface area contributed by atoms with Crippen LogP contribution in [-0.4, -0.2) is 50.9 Å². The van der Waals surface area contributed by atoms with Gasteiger partial charge in [0.25, 0.3) is 0 Å². The summed E-state index contributed by atoms with van der Waals surface area (Å²) >= 11 is 0. The zero-order chi connectivity index (χ0) is 22.5. The molecule has 0 saturated heterocycles. The third-order valence-electron chi connectivity index (χ3n) is 6.09. The smallest absolute Gasteiger partial charge is 0.408 e. The molecule has 0 unspecified atom stereocenters. The van der Waals surface area contributed by atoms with Crippen LogP contribution in [0.5, 0.6) is 0 Å². The standard InChI is InChI=1S/C23H36N2O5/c1-15(2)21(27)18-12-17(10-11-19(18)24)25(22(28)29)23(3,4)13-20(26)30-14-16-8-6-5-7-9-16/h5-9,15,17-19,21,27H,10-14,24H2,1-4H3,(H,28,29)/t17-,18+,19-,21-/m0/s1. The number of esters is 1. The fourth-order valence-electron chi connectivity index (χ4n) is 4.46. The summed E-state index contributed by atoms with van der Waals surface area (Å²) in [6.07, 6.45) is 0.0160. The first-order valence-electron chi connectivity index (χ1n) is 10.7. The number of aliphatic hydroxyl groups is 1. The molecule has 1 aliphatic carbocycles. The summed E-state index contributed by atoms with van der Waals surface area (Å²) in [7, 11) is 0. The lowest BCUT2D eigenvalue weighted by atomic mass is 9.75. The second-order valence-electron chi connectivity index (χ2n) is 9.32. The van der Waals surface area contributed by atoms with E-state index in [1.165, 1.54) is 4.90 Å². The van der Waals surface area contributed by atoms with Crippen LogP contribution in [0.25, 0.3) is 0 Å². The number of ether oxygens (including phenoxy) is 1. The lowest BCUT2D eigenvalue weighted by Crippen LogP contribution is -2.58. The van der Waals surface area contributed by atoms with Crippen molar-refractivity contribution in [1.29, 1.82) is 0 Å². The number of amides is 1. The van der Waals surface area contributed by atoms with Crippen LogP contribution in [0.2, 0.25) is 0 Å². The van der Waals surface area contributed by atoms with Crippen LogP contribution in [0.3, 0.4) is 0 Å². The van der Waals surface area contributed by atoms with Gasteiger partial charge >= 0.3 is 12.1 Å². The number of hydrogen-bond acceptors (Lipinski definition) is 5. The Hall–Kier alpha value is -2.12. The predicted molar refractivity (Wildman–Crippen MR) is 115 cm³/mol. The quantitative estimate of drug-likeness (QED) is 0.556. The van der Waals surface area contributed by atoms with Crippen molar-refractivity contribution in [2.45, 2.75) is 83.7 Å². The maximum Gasteiger partial charge on any atom is 0.408 e. The van der Waals surface area contributed by atoms with Crippen LogP contribution >= 0.6 is 0 Å². The van der Waals surface area contributed by atoms with E-state index in [9.17, 15) is 19.8 Å². The first kappa shape index (κ1) is 24.2. The largest absolute Gasteiger partial charge is 0.465 e. The van der Waals surface area contributed by atoms with Crippen molar-refractivity contribution in [3.8, 4) is 0 Å². The fraction of sp³-hybridized carbons (Fsp3) is 0.652. The summed E-state index contributed by atoms with van der Waals surface area (Å²) in [6, 6.07) is 8.90. The summed E-state index contributed by atoms with van der Waals surface area (Å²) in [4.78, 5) is 26.0. The minimum atomic E-state index is -1.07. The molecule has 0 heterocycles. The Morgan fingerprint density at radius 2 is 1.87 bits per heavy atom. The van der Waals surface area contributed by atoms with Crippen molar-refractivity contribution < 1.29 is 24.5 Å². The van der Waals surface area contributed by atoms with Crippen molar-refractivity contribution >= 4 is 12.1 Å². The van der Waals surface area contributed by atoms with E-state index >= 15 is 0 Å². The van der Waals surface area contributed by atoms with Gasteiger partial charge < -0.3 is 20.7 Å². The van der Waals surface area contributed by atoms with Gasteiger partial charge in [-0.15, -0.1) is 0 Å². The van der Waals surface area contributed by atoms with Crippen molar-refractivity contribution in [3.63, 3.8) is 0 Å². The Kier molecular flexibility index (Phi) is 8.26. The zero-order valence-electron chi connectivity index (χ0n) is 18.5. The number of benzene rings is 1. The molecular formula is C23H36N2O5. The van der Waals surface area contributed by atoms with E-state index in [0.717, 1.165) is 5.56 Å². The molecule has 1 fully saturated rings. The first-order valence-corrected chi connectivity index (χ1v) is 10.7. The van der Waals surface area contributed by atoms with E-state index in [-0.39, 0.29) is 36.9 Å². The normalized spacial score (nSPS) is 23.1. The van der Waals surface area contributed by atoms with Crippen LogP contribution < -0.4 is 5.73 Å². The van der Waals surface area contributed by atoms with Crippen molar-refractivity contribution in [2.24, 2.45) is 17.6 Å². The highest BCUT2D eigenvalue weighted by molar-refractivity contribution is 5.73. The molecule has 7 heteroatoms. The molecule has 4 atom stereocenters. The van der Waals surface area contributed by atoms with E-state index in [0.29, 0.717) is 19.3 Å². The Bertz CT molecular complexity index is 707. The van der Waals surface area contributed by atoms with Gasteiger partial charge in [0.2, 0.25) is 0 Å². The molecule has 7 nitrogen and oxygen atoms in total. The fourth-order valence-corrected chi connectivity index (χ4v) is 4.46. The number of nitrogens with zero attached hydrogens (tertiary/aromatic N) is 1. The molecular weight excluding hydrogens is 384 g/mol. The lowest BCUT2D eigenvalue weighted by Gasteiger charge is -2.47. The van der Waals surface area contributed by atoms with Crippen molar-refractivity contribution in [2.75, 3.05) is 0 Å². The maximum absolute atomic E-state index is 12.5. The molecule has 0 bridgehead atoms. The van der Waals surface area contributed by atoms with Crippen LogP contribution in [0, 0.1) is 11.8 Å². The van der Waals surface area contributed by atoms with Crippen molar-refractivity contribution in [3.05, 3.63) is 35.9 Å². The highest BCUT2D eigenvalue weighted by atomic mass is 16.5. The number of carbonyl (C=O) groups excluding carboxylic acids is 1. The topological polar surface area (TPSA) is 113 Å². The van der Waals surface area contributed by atoms with Gasteiger partial charge in [0.15, 0.2) is 0 Å². The molecule has 0 radical (unpaired) electrons. The van der Waals surface area contributed by atoms with Crippen LogP contribution in [0.15, 0.2) is 30.3 Å². The van der Waals surface area contributed by atoms with Gasteiger partial charge in [-0.05, 0) is 44.6 Å². The van der Waals surface area contributed by atoms with E-state index in [2.05, 4.69) is 0 Å². The Morgan fingerprint density at radius 3 is 2.43 bits per heavy atom. The van der Waals surface area contributed by atoms with Gasteiger partial charge in [0, 0.05) is 18.0 Å². The number of carboxylic acid groups (broad SMARTS) is 1. The molecule has 1 amide bonds. The SMILES string of the molecule is CC(C)[C@H](O)[C@@H]1C[C@@H](N(C(=O)O)C(C)(C)CC(=O)OCc2ccccc2)CC[C@@H]1N. The third kappa shape index (κ3) is 6.19. The number of carbonyl (C=O) groups is 2. The summed E-state index contributed by atoms with van der Waals surface area (Å²) in [6.45, 7) is 7.51. The van der Waals surface area contributed by atoms with Gasteiger partial charge in [-0.25, -0.2) is 4.79 Å². The summed E-state index contributed by atoms with van der Waals surface area (Å²) in [5.41, 5.74) is 6.18. The molecule has 0 aromatic heterocycles. The lowest BCUT2D eigenvalue weighted by molar-refractivity contribution is -0.148. The average molecular weight is 421 g/mol. The van der Waals surface area contributed by atoms with E-state index < -0.39 is 23.7 Å². The van der Waals surface area contributed by atoms with Crippen LogP contribution in [0.4, 0.5) is 4.79 Å². The molecule has 0 aliphatic heterocycles. The van der Waals surface area contributed by atoms with Crippen LogP contribution in [-0.2, 0) is 16.1 Å². The average Bonchev–Trinajstić information content (AvgIpc) is 2.67. The van der Waals surface area contributed by atoms with Crippen molar-refractivity contribution in [1.82, 2.24) is 4.90 Å². The number of aliphatic hydroxyl groups excluding tert-OH is 1. The molecule has 0 spiro atoms. The Morgan fingerprint density at radius 1 is 1.23 bits per heavy atom. The van der Waals surface area contributed by atoms with Gasteiger partial charge in [-0.1, -0.05) is 44.2 Å². The third-order valence-corrected chi connectivity index (χ3v) is 6.09. The minimum absolute atomic E-state index is 0.0408. The number of nitrogens with two attached hydrogens (primary N) is 1. The molecule has 4 N–H and O–H groups in total. The second-order valence-corrected chi connectivity index (χ2v) is 9.32. The van der Waals surface area contributed by atoms with Crippen LogP contribution in [0.1, 0.15) is 58.9 Å². The number of rotatable bonds is 8. The highest BCUT2D eigenvalue weighted by Crippen LogP contribution is 2.35. The number of hydrogen-bond donors (Lipinski definition) is 3. The first-order chi connectivity index (χ1) is 14.0. The van der Waals surface area contributed by atoms with Gasteiger partial charge in [0.1, 0.15) is 6.61 Å². The van der Waals surface area contributed by atoms with E-state index in [1.54, 1.807) is 13.8 Å². The molecule has 1 aromatic rings. The molecule has 1 saturated carbocycles. The van der Waals surface area contributed by atoms with Gasteiger partial charge in [-0.2, -0.15) is 0 Å². The zero-order valence-corrected chi connectivity index (χ0v) is 18.5. The van der Waals surface area contributed by atoms with Gasteiger partial charge in [-0.3, -0.25) is 9.69 Å². The second kappa shape index (κ2) is 10.3. The highest BCUT2D eigenvalue weighted by Gasteiger charge is 2.43. The molecule has 30 heavy (non-hydrogen) atoms. The summed E-state index contributed by atoms with van der Waals surface area (Å²) < 4.78 is 5.37. The van der Waals surface area contributed by atoms with E-state index in [1.807, 2.05) is 44.2 Å². The van der Waals surface area contributed by atoms with Gasteiger partial charge in [0.05, 0.1) is 18.1 Å². The molecule has 1 aromatic carbocycles. The maximum atomic E-state index is 12.5. The predicted octanol–water partition coefficient (Wildman–Crippen LogP) is 3.39. The minimum Gasteiger partial charge on any atom is -0.465 e. The molecule has 1 aliphatic rings. The molecule has 168 valence electrons. The molecule has 2 rings (SSSR count). The monoisotopic (exact) mass is 420 g/mol. The Labute approximate surface area is 179 Å². The Balaban J connectivity index is 2.07. The van der Waals surface area contributed by atoms with E-state index in [4.69, 9.17) is 10.5 Å². The summed E-state index contributed by atoms with van der Waals surface area (Å²) in [5.74, 6) is -0.577. The summed E-state index contributed by atoms with van der Waals surface area (Å²) in [5, 5.41) is 20.5.